The van der Waals surface area contributed by atoms with Crippen LogP contribution >= 0.6 is 31.9 Å². The second-order valence-corrected chi connectivity index (χ2v) is 8.13. The lowest BCUT2D eigenvalue weighted by atomic mass is 10.0. The maximum atomic E-state index is 14.2. The highest BCUT2D eigenvalue weighted by Gasteiger charge is 2.20. The van der Waals surface area contributed by atoms with Gasteiger partial charge in [-0.05, 0) is 66.9 Å². The number of hydrogen-bond donors (Lipinski definition) is 0. The molecule has 1 heterocycles. The Morgan fingerprint density at radius 2 is 1.88 bits per heavy atom. The Morgan fingerprint density at radius 3 is 2.48 bits per heavy atom. The zero-order valence-electron chi connectivity index (χ0n) is 14.0. The molecule has 0 amide bonds. The van der Waals surface area contributed by atoms with Crippen LogP contribution in [0.15, 0.2) is 33.3 Å². The van der Waals surface area contributed by atoms with Crippen LogP contribution in [-0.2, 0) is 16.0 Å². The van der Waals surface area contributed by atoms with E-state index in [1.165, 1.54) is 12.1 Å². The van der Waals surface area contributed by atoms with Gasteiger partial charge in [-0.2, -0.15) is 0 Å². The number of rotatable bonds is 4. The molecule has 0 atom stereocenters. The molecule has 0 saturated heterocycles. The maximum absolute atomic E-state index is 14.2. The quantitative estimate of drug-likeness (QED) is 0.412. The van der Waals surface area contributed by atoms with Crippen molar-refractivity contribution >= 4 is 37.8 Å². The van der Waals surface area contributed by atoms with Gasteiger partial charge in [-0.1, -0.05) is 15.9 Å². The van der Waals surface area contributed by atoms with Crippen molar-refractivity contribution < 1.29 is 18.3 Å². The molecule has 0 unspecified atom stereocenters. The molecule has 0 fully saturated rings. The van der Waals surface area contributed by atoms with E-state index in [4.69, 9.17) is 4.74 Å². The van der Waals surface area contributed by atoms with Crippen LogP contribution in [0.1, 0.15) is 32.8 Å². The Kier molecular flexibility index (Phi) is 6.32. The molecule has 1 aromatic carbocycles. The number of hydrogen-bond acceptors (Lipinski definition) is 3. The highest BCUT2D eigenvalue weighted by atomic mass is 79.9. The van der Waals surface area contributed by atoms with E-state index >= 15 is 0 Å². The Balaban J connectivity index is 2.36. The third kappa shape index (κ3) is 5.57. The summed E-state index contributed by atoms with van der Waals surface area (Å²) in [7, 11) is 0. The third-order valence-electron chi connectivity index (χ3n) is 3.22. The van der Waals surface area contributed by atoms with E-state index in [0.717, 1.165) is 6.07 Å². The number of carbonyl (C=O) groups is 1. The van der Waals surface area contributed by atoms with Gasteiger partial charge < -0.3 is 4.74 Å². The number of pyridine rings is 1. The van der Waals surface area contributed by atoms with E-state index < -0.39 is 17.2 Å². The number of benzene rings is 1. The number of aromatic nitrogens is 1. The highest BCUT2D eigenvalue weighted by Crippen LogP contribution is 2.33. The number of ether oxygens (including phenoxy) is 1. The molecule has 0 aliphatic rings. The number of nitrogens with zero attached hydrogens (tertiary/aromatic N) is 1. The number of carbonyl (C=O) groups excluding carboxylic acids is 1. The van der Waals surface area contributed by atoms with Crippen LogP contribution in [0.4, 0.5) is 8.78 Å². The highest BCUT2D eigenvalue weighted by molar-refractivity contribution is 9.11. The van der Waals surface area contributed by atoms with Crippen molar-refractivity contribution in [2.24, 2.45) is 0 Å². The minimum Gasteiger partial charge on any atom is -0.460 e. The number of esters is 1. The molecule has 134 valence electrons. The minimum absolute atomic E-state index is 0.120. The molecule has 0 aliphatic heterocycles. The van der Waals surface area contributed by atoms with Gasteiger partial charge in [0.15, 0.2) is 0 Å². The molecule has 0 bridgehead atoms. The molecule has 3 nitrogen and oxygen atoms in total. The molecule has 0 N–H and O–H groups in total. The van der Waals surface area contributed by atoms with Crippen LogP contribution in [0.25, 0.3) is 11.3 Å². The minimum atomic E-state index is -0.712. The summed E-state index contributed by atoms with van der Waals surface area (Å²) in [5, 5.41) is 0. The first-order valence-corrected chi connectivity index (χ1v) is 9.17. The molecule has 7 heteroatoms. The summed E-state index contributed by atoms with van der Waals surface area (Å²) >= 11 is 6.70. The first-order valence-electron chi connectivity index (χ1n) is 7.59. The van der Waals surface area contributed by atoms with Crippen LogP contribution in [0.5, 0.6) is 0 Å². The van der Waals surface area contributed by atoms with E-state index in [-0.39, 0.29) is 18.0 Å². The lowest BCUT2D eigenvalue weighted by Crippen LogP contribution is -2.24. The lowest BCUT2D eigenvalue weighted by molar-refractivity contribution is -0.154. The Hall–Kier alpha value is -1.34. The predicted octanol–water partition coefficient (Wildman–Crippen LogP) is 5.83. The van der Waals surface area contributed by atoms with Crippen LogP contribution in [0.2, 0.25) is 0 Å². The third-order valence-corrected chi connectivity index (χ3v) is 4.34. The zero-order chi connectivity index (χ0) is 18.8. The Bertz CT molecular complexity index is 804. The van der Waals surface area contributed by atoms with Gasteiger partial charge in [0.05, 0.1) is 5.69 Å². The Morgan fingerprint density at radius 1 is 1.20 bits per heavy atom. The fourth-order valence-corrected chi connectivity index (χ4v) is 3.59. The van der Waals surface area contributed by atoms with Crippen molar-refractivity contribution in [1.29, 1.82) is 0 Å². The second-order valence-electron chi connectivity index (χ2n) is 6.46. The summed E-state index contributed by atoms with van der Waals surface area (Å²) in [6.45, 7) is 5.38. The van der Waals surface area contributed by atoms with Gasteiger partial charge in [0.1, 0.15) is 21.8 Å². The normalized spacial score (nSPS) is 11.5. The molecule has 0 aliphatic carbocycles. The van der Waals surface area contributed by atoms with Gasteiger partial charge >= 0.3 is 5.97 Å². The summed E-state index contributed by atoms with van der Waals surface area (Å²) in [5.74, 6) is -1.73. The summed E-state index contributed by atoms with van der Waals surface area (Å²) < 4.78 is 33.9. The maximum Gasteiger partial charge on any atom is 0.306 e. The second kappa shape index (κ2) is 7.91. The molecule has 2 aromatic rings. The topological polar surface area (TPSA) is 39.2 Å². The van der Waals surface area contributed by atoms with E-state index in [1.54, 1.807) is 26.8 Å². The monoisotopic (exact) mass is 475 g/mol. The van der Waals surface area contributed by atoms with Gasteiger partial charge in [-0.25, -0.2) is 13.8 Å². The van der Waals surface area contributed by atoms with Crippen molar-refractivity contribution in [1.82, 2.24) is 4.98 Å². The molecule has 1 aromatic heterocycles. The predicted molar refractivity (Wildman–Crippen MR) is 99.2 cm³/mol. The summed E-state index contributed by atoms with van der Waals surface area (Å²) in [5.41, 5.74) is 0.600. The molecule has 0 spiro atoms. The van der Waals surface area contributed by atoms with Gasteiger partial charge in [-0.3, -0.25) is 4.79 Å². The van der Waals surface area contributed by atoms with Crippen LogP contribution in [0, 0.1) is 11.6 Å². The fourth-order valence-electron chi connectivity index (χ4n) is 2.27. The number of halogens is 4. The zero-order valence-corrected chi connectivity index (χ0v) is 17.2. The molecule has 0 saturated carbocycles. The summed E-state index contributed by atoms with van der Waals surface area (Å²) in [4.78, 5) is 16.3. The van der Waals surface area contributed by atoms with Crippen LogP contribution < -0.4 is 0 Å². The van der Waals surface area contributed by atoms with Gasteiger partial charge in [0.25, 0.3) is 0 Å². The molecule has 0 radical (unpaired) electrons. The summed E-state index contributed by atoms with van der Waals surface area (Å²) in [6.07, 6.45) is 0.428. The standard InChI is InChI=1S/C18H17Br2F2NO2/c1-18(2,3)25-16(24)7-6-11-13(19)9-15(20)23-17(11)12-5-4-10(21)8-14(12)22/h4-5,8-9H,6-7H2,1-3H3. The lowest BCUT2D eigenvalue weighted by Gasteiger charge is -2.20. The first kappa shape index (κ1) is 20.0. The van der Waals surface area contributed by atoms with Crippen molar-refractivity contribution in [2.45, 2.75) is 39.2 Å². The summed E-state index contributed by atoms with van der Waals surface area (Å²) in [6, 6.07) is 5.04. The smallest absolute Gasteiger partial charge is 0.306 e. The van der Waals surface area contributed by atoms with E-state index in [2.05, 4.69) is 36.8 Å². The molecule has 2 rings (SSSR count). The largest absolute Gasteiger partial charge is 0.460 e. The van der Waals surface area contributed by atoms with Crippen molar-refractivity contribution in [3.8, 4) is 11.3 Å². The molecular weight excluding hydrogens is 460 g/mol. The van der Waals surface area contributed by atoms with E-state index in [1.807, 2.05) is 0 Å². The van der Waals surface area contributed by atoms with Crippen molar-refractivity contribution in [3.05, 3.63) is 50.5 Å². The van der Waals surface area contributed by atoms with Gasteiger partial charge in [0.2, 0.25) is 0 Å². The SMILES string of the molecule is CC(C)(C)OC(=O)CCc1c(Br)cc(Br)nc1-c1ccc(F)cc1F. The van der Waals surface area contributed by atoms with Gasteiger partial charge in [0, 0.05) is 22.5 Å². The van der Waals surface area contributed by atoms with Gasteiger partial charge in [-0.15, -0.1) is 0 Å². The average Bonchev–Trinajstić information content (AvgIpc) is 2.43. The Labute approximate surface area is 162 Å². The van der Waals surface area contributed by atoms with E-state index in [9.17, 15) is 13.6 Å². The van der Waals surface area contributed by atoms with Crippen molar-refractivity contribution in [2.75, 3.05) is 0 Å². The van der Waals surface area contributed by atoms with Crippen LogP contribution in [-0.4, -0.2) is 16.6 Å². The molecule has 25 heavy (non-hydrogen) atoms. The first-order chi connectivity index (χ1) is 11.6. The van der Waals surface area contributed by atoms with Crippen molar-refractivity contribution in [3.63, 3.8) is 0 Å². The van der Waals surface area contributed by atoms with E-state index in [0.29, 0.717) is 26.8 Å². The average molecular weight is 477 g/mol. The van der Waals surface area contributed by atoms with Crippen LogP contribution in [0.3, 0.4) is 0 Å². The fraction of sp³-hybridized carbons (Fsp3) is 0.333. The molecular formula is C18H17Br2F2NO2.